The minimum absolute atomic E-state index is 0. The van der Waals surface area contributed by atoms with Gasteiger partial charge in [-0.3, -0.25) is 4.99 Å². The van der Waals surface area contributed by atoms with E-state index in [1.165, 1.54) is 4.88 Å². The van der Waals surface area contributed by atoms with Crippen molar-refractivity contribution in [3.8, 4) is 0 Å². The number of thiophene rings is 1. The van der Waals surface area contributed by atoms with Gasteiger partial charge in [0.1, 0.15) is 5.82 Å². The van der Waals surface area contributed by atoms with Gasteiger partial charge in [-0.15, -0.1) is 35.3 Å². The van der Waals surface area contributed by atoms with E-state index < -0.39 is 0 Å². The van der Waals surface area contributed by atoms with Crippen molar-refractivity contribution in [1.29, 1.82) is 0 Å². The topological polar surface area (TPSA) is 67.1 Å². The van der Waals surface area contributed by atoms with Crippen molar-refractivity contribution in [2.75, 3.05) is 13.6 Å². The van der Waals surface area contributed by atoms with Gasteiger partial charge in [0.15, 0.2) is 11.8 Å². The third-order valence-electron chi connectivity index (χ3n) is 4.67. The van der Waals surface area contributed by atoms with Crippen LogP contribution in [0.15, 0.2) is 22.5 Å². The van der Waals surface area contributed by atoms with Gasteiger partial charge in [0.2, 0.25) is 0 Å². The van der Waals surface area contributed by atoms with Gasteiger partial charge in [-0.1, -0.05) is 26.8 Å². The van der Waals surface area contributed by atoms with E-state index in [1.807, 2.05) is 11.7 Å². The molecule has 0 spiro atoms. The molecule has 0 saturated carbocycles. The molecular weight excluding hydrogens is 459 g/mol. The van der Waals surface area contributed by atoms with Gasteiger partial charge in [-0.25, -0.2) is 9.67 Å². The molecule has 0 aromatic carbocycles. The van der Waals surface area contributed by atoms with Crippen molar-refractivity contribution in [3.63, 3.8) is 0 Å². The predicted molar refractivity (Wildman–Crippen MR) is 119 cm³/mol. The Morgan fingerprint density at radius 1 is 1.46 bits per heavy atom. The quantitative estimate of drug-likeness (QED) is 0.386. The lowest BCUT2D eigenvalue weighted by Crippen LogP contribution is -2.49. The van der Waals surface area contributed by atoms with E-state index >= 15 is 0 Å². The largest absolute Gasteiger partial charge is 0.356 e. The first-order valence-corrected chi connectivity index (χ1v) is 9.83. The number of hydrogen-bond donors (Lipinski definition) is 2. The lowest BCUT2D eigenvalue weighted by molar-refractivity contribution is 0.390. The third-order valence-corrected chi connectivity index (χ3v) is 5.90. The maximum atomic E-state index is 4.58. The van der Waals surface area contributed by atoms with Gasteiger partial charge in [-0.05, 0) is 17.9 Å². The molecule has 0 aliphatic carbocycles. The number of fused-ring (bicyclic) bond motifs is 1. The highest BCUT2D eigenvalue weighted by atomic mass is 127. The molecule has 0 bridgehead atoms. The lowest BCUT2D eigenvalue weighted by Gasteiger charge is -2.28. The molecule has 144 valence electrons. The van der Waals surface area contributed by atoms with Crippen LogP contribution in [0.3, 0.4) is 0 Å². The average molecular weight is 488 g/mol. The molecule has 3 rings (SSSR count). The van der Waals surface area contributed by atoms with Crippen molar-refractivity contribution in [1.82, 2.24) is 25.4 Å². The van der Waals surface area contributed by atoms with Crippen LogP contribution in [0.25, 0.3) is 0 Å². The van der Waals surface area contributed by atoms with Crippen LogP contribution >= 0.6 is 35.3 Å². The Labute approximate surface area is 176 Å². The van der Waals surface area contributed by atoms with Gasteiger partial charge in [0.25, 0.3) is 0 Å². The summed E-state index contributed by atoms with van der Waals surface area (Å²) in [4.78, 5) is 10.4. The lowest BCUT2D eigenvalue weighted by atomic mass is 9.91. The summed E-state index contributed by atoms with van der Waals surface area (Å²) in [5, 5.41) is 13.7. The van der Waals surface area contributed by atoms with Crippen LogP contribution in [0.4, 0.5) is 0 Å². The highest BCUT2D eigenvalue weighted by molar-refractivity contribution is 14.0. The van der Waals surface area contributed by atoms with E-state index in [9.17, 15) is 0 Å². The van der Waals surface area contributed by atoms with Crippen LogP contribution < -0.4 is 10.6 Å². The fourth-order valence-corrected chi connectivity index (χ4v) is 3.92. The zero-order valence-electron chi connectivity index (χ0n) is 16.0. The summed E-state index contributed by atoms with van der Waals surface area (Å²) in [6, 6.07) is 4.63. The predicted octanol–water partition coefficient (Wildman–Crippen LogP) is 2.98. The molecule has 0 radical (unpaired) electrons. The highest BCUT2D eigenvalue weighted by Gasteiger charge is 2.24. The van der Waals surface area contributed by atoms with E-state index in [1.54, 1.807) is 11.3 Å². The summed E-state index contributed by atoms with van der Waals surface area (Å²) in [6.45, 7) is 8.30. The summed E-state index contributed by atoms with van der Waals surface area (Å²) in [5.41, 5.74) is 0.0768. The SMILES string of the molecule is CCc1nc2n(n1)CC(NC(=NC)NCC(C)(C)c1cccs1)CC2.I. The number of hydrogen-bond acceptors (Lipinski definition) is 4. The maximum absolute atomic E-state index is 4.58. The number of halogens is 1. The molecule has 2 aromatic rings. The molecule has 26 heavy (non-hydrogen) atoms. The molecule has 3 heterocycles. The van der Waals surface area contributed by atoms with E-state index in [0.717, 1.165) is 50.0 Å². The number of aliphatic imine (C=N–C) groups is 1. The minimum Gasteiger partial charge on any atom is -0.356 e. The standard InChI is InChI=1S/C18H28N6S.HI/c1-5-15-22-16-9-8-13(11-24(16)23-15)21-17(19-4)20-12-18(2,3)14-7-6-10-25-14;/h6-7,10,13H,5,8-9,11-12H2,1-4H3,(H2,19,20,21);1H. The fraction of sp³-hybridized carbons (Fsp3) is 0.611. The molecule has 0 saturated heterocycles. The van der Waals surface area contributed by atoms with Gasteiger partial charge in [-0.2, -0.15) is 5.10 Å². The number of aryl methyl sites for hydroxylation is 2. The van der Waals surface area contributed by atoms with Crippen LogP contribution in [-0.4, -0.2) is 40.4 Å². The molecular formula is C18H29IN6S. The normalized spacial score (nSPS) is 17.4. The highest BCUT2D eigenvalue weighted by Crippen LogP contribution is 2.26. The van der Waals surface area contributed by atoms with E-state index in [0.29, 0.717) is 6.04 Å². The van der Waals surface area contributed by atoms with Crippen LogP contribution in [0.1, 0.15) is 43.7 Å². The first-order valence-electron chi connectivity index (χ1n) is 8.95. The molecule has 6 nitrogen and oxygen atoms in total. The molecule has 1 atom stereocenters. The van der Waals surface area contributed by atoms with Crippen LogP contribution in [0.2, 0.25) is 0 Å². The number of aromatic nitrogens is 3. The zero-order valence-corrected chi connectivity index (χ0v) is 19.1. The van der Waals surface area contributed by atoms with Gasteiger partial charge in [0.05, 0.1) is 6.54 Å². The second-order valence-electron chi connectivity index (χ2n) is 7.15. The Hall–Kier alpha value is -1.16. The molecule has 1 unspecified atom stereocenters. The van der Waals surface area contributed by atoms with E-state index in [4.69, 9.17) is 0 Å². The zero-order chi connectivity index (χ0) is 17.9. The van der Waals surface area contributed by atoms with E-state index in [-0.39, 0.29) is 29.4 Å². The van der Waals surface area contributed by atoms with Crippen molar-refractivity contribution < 1.29 is 0 Å². The monoisotopic (exact) mass is 488 g/mol. The van der Waals surface area contributed by atoms with Crippen molar-refractivity contribution in [2.24, 2.45) is 4.99 Å². The Balaban J connectivity index is 0.00000243. The Morgan fingerprint density at radius 2 is 2.27 bits per heavy atom. The maximum Gasteiger partial charge on any atom is 0.191 e. The molecule has 8 heteroatoms. The Morgan fingerprint density at radius 3 is 2.92 bits per heavy atom. The summed E-state index contributed by atoms with van der Waals surface area (Å²) in [5.74, 6) is 2.90. The molecule has 0 amide bonds. The van der Waals surface area contributed by atoms with Crippen LogP contribution in [0.5, 0.6) is 0 Å². The third kappa shape index (κ3) is 4.97. The first-order chi connectivity index (χ1) is 12.0. The van der Waals surface area contributed by atoms with E-state index in [2.05, 4.69) is 64.0 Å². The molecule has 1 aliphatic heterocycles. The van der Waals surface area contributed by atoms with Crippen molar-refractivity contribution in [2.45, 2.75) is 58.0 Å². The summed E-state index contributed by atoms with van der Waals surface area (Å²) < 4.78 is 2.04. The number of rotatable bonds is 5. The summed E-state index contributed by atoms with van der Waals surface area (Å²) in [6.07, 6.45) is 2.90. The Kier molecular flexibility index (Phi) is 7.45. The molecule has 0 fully saturated rings. The van der Waals surface area contributed by atoms with Crippen LogP contribution in [0, 0.1) is 0 Å². The summed E-state index contributed by atoms with van der Waals surface area (Å²) in [7, 11) is 1.83. The Bertz CT molecular complexity index is 722. The second kappa shape index (κ2) is 9.16. The molecule has 2 N–H and O–H groups in total. The number of guanidine groups is 1. The summed E-state index contributed by atoms with van der Waals surface area (Å²) >= 11 is 1.80. The first kappa shape index (κ1) is 21.1. The van der Waals surface area contributed by atoms with Gasteiger partial charge < -0.3 is 10.6 Å². The average Bonchev–Trinajstić information content (AvgIpc) is 3.27. The minimum atomic E-state index is 0. The fourth-order valence-electron chi connectivity index (χ4n) is 3.07. The van der Waals surface area contributed by atoms with Crippen LogP contribution in [-0.2, 0) is 24.8 Å². The van der Waals surface area contributed by atoms with Crippen molar-refractivity contribution >= 4 is 41.3 Å². The number of nitrogens with one attached hydrogen (secondary N) is 2. The second-order valence-corrected chi connectivity index (χ2v) is 8.09. The molecule has 1 aliphatic rings. The van der Waals surface area contributed by atoms with Gasteiger partial charge >= 0.3 is 0 Å². The molecule has 2 aromatic heterocycles. The number of nitrogens with zero attached hydrogens (tertiary/aromatic N) is 4. The van der Waals surface area contributed by atoms with Crippen molar-refractivity contribution in [3.05, 3.63) is 34.0 Å². The smallest absolute Gasteiger partial charge is 0.191 e. The van der Waals surface area contributed by atoms with Gasteiger partial charge in [0, 0.05) is 42.8 Å².